The lowest BCUT2D eigenvalue weighted by atomic mass is 9.74. The first kappa shape index (κ1) is 31.8. The first-order valence-electron chi connectivity index (χ1n) is 11.7. The molecular formula is C23H29F6N5O5. The van der Waals surface area contributed by atoms with Crippen LogP contribution in [-0.2, 0) is 27.9 Å². The summed E-state index contributed by atoms with van der Waals surface area (Å²) in [5.74, 6) is -4.56. The normalized spacial score (nSPS) is 21.1. The van der Waals surface area contributed by atoms with Gasteiger partial charge in [0.2, 0.25) is 0 Å². The van der Waals surface area contributed by atoms with Gasteiger partial charge in [0.05, 0.1) is 12.3 Å². The summed E-state index contributed by atoms with van der Waals surface area (Å²) in [4.78, 5) is 24.7. The molecule has 218 valence electrons. The molecule has 2 atom stereocenters. The van der Waals surface area contributed by atoms with Crippen molar-refractivity contribution < 1.29 is 50.9 Å². The lowest BCUT2D eigenvalue weighted by Gasteiger charge is -2.44. The zero-order valence-electron chi connectivity index (χ0n) is 20.9. The monoisotopic (exact) mass is 569 g/mol. The van der Waals surface area contributed by atoms with Crippen LogP contribution in [0.15, 0.2) is 36.8 Å². The second-order valence-electron chi connectivity index (χ2n) is 8.99. The number of carboxylic acids is 2. The van der Waals surface area contributed by atoms with Crippen LogP contribution in [0.2, 0.25) is 0 Å². The van der Waals surface area contributed by atoms with E-state index in [0.717, 1.165) is 57.9 Å². The molecule has 2 aromatic rings. The Hall–Kier alpha value is -3.40. The van der Waals surface area contributed by atoms with Crippen molar-refractivity contribution in [3.8, 4) is 0 Å². The summed E-state index contributed by atoms with van der Waals surface area (Å²) < 4.78 is 71.4. The predicted octanol–water partition coefficient (Wildman–Crippen LogP) is 3.56. The maximum atomic E-state index is 10.6. The van der Waals surface area contributed by atoms with Crippen LogP contribution in [0.4, 0.5) is 32.2 Å². The fraction of sp³-hybridized carbons (Fsp3) is 0.565. The van der Waals surface area contributed by atoms with Crippen LogP contribution in [0.25, 0.3) is 0 Å². The van der Waals surface area contributed by atoms with Gasteiger partial charge in [-0.25, -0.2) is 14.6 Å². The van der Waals surface area contributed by atoms with Gasteiger partial charge in [-0.05, 0) is 31.4 Å². The number of alkyl halides is 6. The van der Waals surface area contributed by atoms with Crippen molar-refractivity contribution in [3.63, 3.8) is 0 Å². The number of hydrogen-bond acceptors (Lipinski definition) is 7. The number of aryl methyl sites for hydroxylation is 1. The van der Waals surface area contributed by atoms with Gasteiger partial charge in [-0.15, -0.1) is 0 Å². The number of rotatable bonds is 6. The Bertz CT molecular complexity index is 1040. The number of carbonyl (C=O) groups is 2. The van der Waals surface area contributed by atoms with Crippen molar-refractivity contribution >= 4 is 17.8 Å². The molecule has 2 aliphatic rings. The quantitative estimate of drug-likeness (QED) is 0.447. The molecule has 0 aromatic carbocycles. The molecule has 4 heterocycles. The molecule has 2 aromatic heterocycles. The second kappa shape index (κ2) is 13.6. The Morgan fingerprint density at radius 1 is 1.15 bits per heavy atom. The number of aliphatic carboxylic acids is 2. The second-order valence-corrected chi connectivity index (χ2v) is 8.99. The number of carboxylic acid groups (broad SMARTS) is 2. The summed E-state index contributed by atoms with van der Waals surface area (Å²) >= 11 is 0. The van der Waals surface area contributed by atoms with Crippen molar-refractivity contribution in [1.82, 2.24) is 19.7 Å². The molecule has 4 rings (SSSR count). The Morgan fingerprint density at radius 2 is 1.79 bits per heavy atom. The largest absolute Gasteiger partial charge is 0.490 e. The van der Waals surface area contributed by atoms with Gasteiger partial charge in [-0.2, -0.15) is 31.4 Å². The molecule has 0 spiro atoms. The summed E-state index contributed by atoms with van der Waals surface area (Å²) in [6, 6.07) is 5.99. The molecule has 2 aliphatic heterocycles. The molecule has 10 nitrogen and oxygen atoms in total. The highest BCUT2D eigenvalue weighted by Gasteiger charge is 2.47. The van der Waals surface area contributed by atoms with E-state index in [0.29, 0.717) is 6.10 Å². The van der Waals surface area contributed by atoms with Gasteiger partial charge in [0.25, 0.3) is 0 Å². The van der Waals surface area contributed by atoms with Gasteiger partial charge in [0.1, 0.15) is 5.82 Å². The third-order valence-electron chi connectivity index (χ3n) is 6.09. The van der Waals surface area contributed by atoms with E-state index < -0.39 is 24.3 Å². The molecule has 39 heavy (non-hydrogen) atoms. The number of pyridine rings is 1. The van der Waals surface area contributed by atoms with Crippen LogP contribution in [-0.4, -0.2) is 86.5 Å². The van der Waals surface area contributed by atoms with E-state index in [2.05, 4.69) is 26.5 Å². The van der Waals surface area contributed by atoms with E-state index in [9.17, 15) is 26.3 Å². The number of piperidine rings is 1. The molecule has 0 saturated carbocycles. The van der Waals surface area contributed by atoms with E-state index in [1.165, 1.54) is 5.56 Å². The summed E-state index contributed by atoms with van der Waals surface area (Å²) in [6.07, 6.45) is -0.423. The molecule has 2 saturated heterocycles. The maximum absolute atomic E-state index is 10.6. The van der Waals surface area contributed by atoms with Crippen molar-refractivity contribution in [3.05, 3.63) is 42.4 Å². The van der Waals surface area contributed by atoms with Gasteiger partial charge in [0.15, 0.2) is 0 Å². The van der Waals surface area contributed by atoms with Gasteiger partial charge >= 0.3 is 24.3 Å². The van der Waals surface area contributed by atoms with Crippen molar-refractivity contribution in [2.45, 2.75) is 44.3 Å². The Morgan fingerprint density at radius 3 is 2.31 bits per heavy atom. The van der Waals surface area contributed by atoms with E-state index >= 15 is 0 Å². The smallest absolute Gasteiger partial charge is 0.475 e. The first-order valence-corrected chi connectivity index (χ1v) is 11.7. The van der Waals surface area contributed by atoms with E-state index in [-0.39, 0.29) is 5.41 Å². The molecule has 0 radical (unpaired) electrons. The molecule has 2 fully saturated rings. The zero-order chi connectivity index (χ0) is 29.3. The minimum Gasteiger partial charge on any atom is -0.475 e. The molecule has 16 heteroatoms. The molecular weight excluding hydrogens is 540 g/mol. The average Bonchev–Trinajstić information content (AvgIpc) is 3.45. The van der Waals surface area contributed by atoms with Crippen molar-refractivity contribution in [1.29, 1.82) is 0 Å². The van der Waals surface area contributed by atoms with Crippen LogP contribution in [0.1, 0.15) is 24.8 Å². The third kappa shape index (κ3) is 10.4. The Labute approximate surface area is 219 Å². The Kier molecular flexibility index (Phi) is 11.1. The van der Waals surface area contributed by atoms with Gasteiger partial charge in [-0.3, -0.25) is 9.58 Å². The number of aromatic nitrogens is 3. The highest BCUT2D eigenvalue weighted by Crippen LogP contribution is 2.43. The number of nitrogens with one attached hydrogen (secondary N) is 1. The number of ether oxygens (including phenoxy) is 1. The van der Waals surface area contributed by atoms with Crippen LogP contribution >= 0.6 is 0 Å². The average molecular weight is 570 g/mol. The molecule has 0 aliphatic carbocycles. The highest BCUT2D eigenvalue weighted by atomic mass is 19.4. The number of likely N-dealkylation sites (tertiary alicyclic amines) is 1. The zero-order valence-corrected chi connectivity index (χ0v) is 20.9. The molecule has 3 N–H and O–H groups in total. The third-order valence-corrected chi connectivity index (χ3v) is 6.09. The van der Waals surface area contributed by atoms with E-state index in [1.807, 2.05) is 42.3 Å². The van der Waals surface area contributed by atoms with Gasteiger partial charge < -0.3 is 20.3 Å². The minimum absolute atomic E-state index is 0.266. The fourth-order valence-electron chi connectivity index (χ4n) is 4.36. The summed E-state index contributed by atoms with van der Waals surface area (Å²) in [7, 11) is 1.98. The van der Waals surface area contributed by atoms with E-state index in [1.54, 1.807) is 0 Å². The standard InChI is InChI=1S/C19H27N5O.2C2HF3O2/c1-23-13-16(12-22-23)14-24-10-5-17-19(15-24,7-11-25-17)6-9-21-18-4-2-3-8-20-18;2*3-2(4,5)1(6)7/h2-4,8,12-13,17H,5-7,9-11,14-15H2,1H3,(H,20,21);2*(H,6,7)/t17-,19+;;/m1../s1. The van der Waals surface area contributed by atoms with Crippen LogP contribution in [0.5, 0.6) is 0 Å². The summed E-state index contributed by atoms with van der Waals surface area (Å²) in [5.41, 5.74) is 1.56. The van der Waals surface area contributed by atoms with Crippen molar-refractivity contribution in [2.24, 2.45) is 12.5 Å². The van der Waals surface area contributed by atoms with Crippen LogP contribution < -0.4 is 5.32 Å². The Balaban J connectivity index is 0.000000317. The van der Waals surface area contributed by atoms with Crippen LogP contribution in [0, 0.1) is 5.41 Å². The SMILES string of the molecule is Cn1cc(CN2CC[C@H]3OCC[C@@]3(CCNc3ccccn3)C2)cn1.O=C(O)C(F)(F)F.O=C(O)C(F)(F)F. The number of anilines is 1. The molecule has 0 unspecified atom stereocenters. The van der Waals surface area contributed by atoms with Crippen molar-refractivity contribution in [2.75, 3.05) is 31.6 Å². The first-order chi connectivity index (χ1) is 18.1. The summed E-state index contributed by atoms with van der Waals surface area (Å²) in [5, 5.41) is 22.0. The lowest BCUT2D eigenvalue weighted by molar-refractivity contribution is -0.193. The van der Waals surface area contributed by atoms with Crippen LogP contribution in [0.3, 0.4) is 0 Å². The maximum Gasteiger partial charge on any atom is 0.490 e. The number of nitrogens with zero attached hydrogens (tertiary/aromatic N) is 4. The van der Waals surface area contributed by atoms with Gasteiger partial charge in [0, 0.05) is 63.2 Å². The molecule has 0 bridgehead atoms. The lowest BCUT2D eigenvalue weighted by Crippen LogP contribution is -2.49. The number of fused-ring (bicyclic) bond motifs is 1. The van der Waals surface area contributed by atoms with Gasteiger partial charge in [-0.1, -0.05) is 6.07 Å². The van der Waals surface area contributed by atoms with E-state index in [4.69, 9.17) is 24.5 Å². The molecule has 0 amide bonds. The topological polar surface area (TPSA) is 130 Å². The fourth-order valence-corrected chi connectivity index (χ4v) is 4.36. The number of halogens is 6. The highest BCUT2D eigenvalue weighted by molar-refractivity contribution is 5.73. The minimum atomic E-state index is -5.08. The predicted molar refractivity (Wildman–Crippen MR) is 125 cm³/mol. The number of hydrogen-bond donors (Lipinski definition) is 3. The summed E-state index contributed by atoms with van der Waals surface area (Å²) in [6.45, 7) is 5.04.